The zero-order valence-electron chi connectivity index (χ0n) is 14.9. The van der Waals surface area contributed by atoms with Crippen molar-refractivity contribution < 1.29 is 4.39 Å². The first-order valence-electron chi connectivity index (χ1n) is 8.98. The summed E-state index contributed by atoms with van der Waals surface area (Å²) in [7, 11) is 0. The van der Waals surface area contributed by atoms with Crippen molar-refractivity contribution in [1.82, 2.24) is 19.9 Å². The number of hydrogen-bond acceptors (Lipinski definition) is 7. The standard InChI is InChI=1S/C19H17ClFN7/c20-14-7-13(5-6-15(14)21)26-18-17-16(24-10-25-18)9-23-19(28-17)27-12-3-1-11(8-22)2-4-12/h5-7,9-12H,1-4H2,(H,23,27,28)(H,24,25,26). The fraction of sp³-hybridized carbons (Fsp3) is 0.316. The molecule has 0 saturated heterocycles. The van der Waals surface area contributed by atoms with Crippen molar-refractivity contribution in [2.45, 2.75) is 31.7 Å². The number of rotatable bonds is 4. The van der Waals surface area contributed by atoms with Gasteiger partial charge in [0.05, 0.1) is 17.3 Å². The van der Waals surface area contributed by atoms with Gasteiger partial charge in [-0.3, -0.25) is 0 Å². The zero-order valence-corrected chi connectivity index (χ0v) is 15.6. The molecule has 0 radical (unpaired) electrons. The lowest BCUT2D eigenvalue weighted by Crippen LogP contribution is -2.26. The number of nitriles is 1. The van der Waals surface area contributed by atoms with Crippen molar-refractivity contribution >= 4 is 40.1 Å². The number of hydrogen-bond donors (Lipinski definition) is 2. The number of anilines is 3. The molecule has 0 atom stereocenters. The Morgan fingerprint density at radius 3 is 2.71 bits per heavy atom. The van der Waals surface area contributed by atoms with Crippen LogP contribution >= 0.6 is 11.6 Å². The van der Waals surface area contributed by atoms with E-state index in [0.717, 1.165) is 25.7 Å². The summed E-state index contributed by atoms with van der Waals surface area (Å²) in [6.45, 7) is 0. The first-order chi connectivity index (χ1) is 13.6. The van der Waals surface area contributed by atoms with E-state index in [1.807, 2.05) is 0 Å². The Morgan fingerprint density at radius 2 is 1.96 bits per heavy atom. The number of halogens is 2. The third-order valence-corrected chi connectivity index (χ3v) is 5.09. The van der Waals surface area contributed by atoms with Gasteiger partial charge >= 0.3 is 0 Å². The second kappa shape index (κ2) is 7.90. The van der Waals surface area contributed by atoms with E-state index in [4.69, 9.17) is 16.9 Å². The fourth-order valence-corrected chi connectivity index (χ4v) is 3.46. The average Bonchev–Trinajstić information content (AvgIpc) is 2.72. The lowest BCUT2D eigenvalue weighted by atomic mass is 9.87. The highest BCUT2D eigenvalue weighted by atomic mass is 35.5. The molecular formula is C19H17ClFN7. The van der Waals surface area contributed by atoms with Gasteiger partial charge in [0, 0.05) is 17.6 Å². The van der Waals surface area contributed by atoms with Crippen LogP contribution in [-0.4, -0.2) is 26.0 Å². The second-order valence-electron chi connectivity index (χ2n) is 6.73. The Balaban J connectivity index is 1.57. The quantitative estimate of drug-likeness (QED) is 0.670. The molecule has 1 aliphatic rings. The maximum atomic E-state index is 13.4. The van der Waals surface area contributed by atoms with E-state index < -0.39 is 5.82 Å². The van der Waals surface area contributed by atoms with E-state index in [1.54, 1.807) is 12.3 Å². The molecule has 0 aliphatic heterocycles. The molecular weight excluding hydrogens is 381 g/mol. The molecule has 0 amide bonds. The van der Waals surface area contributed by atoms with Crippen LogP contribution in [0.5, 0.6) is 0 Å². The molecule has 0 unspecified atom stereocenters. The van der Waals surface area contributed by atoms with Crippen LogP contribution in [-0.2, 0) is 0 Å². The Kier molecular flexibility index (Phi) is 5.17. The van der Waals surface area contributed by atoms with Crippen molar-refractivity contribution in [2.24, 2.45) is 5.92 Å². The predicted molar refractivity (Wildman–Crippen MR) is 105 cm³/mol. The van der Waals surface area contributed by atoms with Crippen molar-refractivity contribution in [3.05, 3.63) is 41.6 Å². The SMILES string of the molecule is N#CC1CCC(Nc2ncc3ncnc(Nc4ccc(F)c(Cl)c4)c3n2)CC1. The molecule has 0 bridgehead atoms. The Hall–Kier alpha value is -3.05. The molecule has 2 heterocycles. The predicted octanol–water partition coefficient (Wildman–Crippen LogP) is 4.45. The Morgan fingerprint density at radius 1 is 1.14 bits per heavy atom. The van der Waals surface area contributed by atoms with Gasteiger partial charge in [-0.25, -0.2) is 24.3 Å². The van der Waals surface area contributed by atoms with Gasteiger partial charge in [0.1, 0.15) is 23.2 Å². The first kappa shape index (κ1) is 18.3. The summed E-state index contributed by atoms with van der Waals surface area (Å²) in [4.78, 5) is 17.3. The van der Waals surface area contributed by atoms with Gasteiger partial charge in [-0.1, -0.05) is 11.6 Å². The molecule has 1 aliphatic carbocycles. The average molecular weight is 398 g/mol. The van der Waals surface area contributed by atoms with Crippen LogP contribution in [0.15, 0.2) is 30.7 Å². The second-order valence-corrected chi connectivity index (χ2v) is 7.13. The smallest absolute Gasteiger partial charge is 0.223 e. The zero-order chi connectivity index (χ0) is 19.5. The topological polar surface area (TPSA) is 99.4 Å². The summed E-state index contributed by atoms with van der Waals surface area (Å²) in [5.74, 6) is 0.621. The van der Waals surface area contributed by atoms with E-state index >= 15 is 0 Å². The van der Waals surface area contributed by atoms with E-state index in [1.165, 1.54) is 18.5 Å². The fourth-order valence-electron chi connectivity index (χ4n) is 3.28. The molecule has 142 valence electrons. The molecule has 3 aromatic rings. The van der Waals surface area contributed by atoms with Crippen LogP contribution in [0.4, 0.5) is 21.8 Å². The molecule has 0 spiro atoms. The van der Waals surface area contributed by atoms with Crippen LogP contribution in [0.1, 0.15) is 25.7 Å². The number of fused-ring (bicyclic) bond motifs is 1. The van der Waals surface area contributed by atoms with E-state index in [9.17, 15) is 4.39 Å². The molecule has 1 aromatic carbocycles. The normalized spacial score (nSPS) is 19.2. The van der Waals surface area contributed by atoms with Crippen molar-refractivity contribution in [2.75, 3.05) is 10.6 Å². The Labute approximate surface area is 166 Å². The van der Waals surface area contributed by atoms with Crippen LogP contribution in [0, 0.1) is 23.1 Å². The Bertz CT molecular complexity index is 1040. The van der Waals surface area contributed by atoms with Crippen molar-refractivity contribution in [3.63, 3.8) is 0 Å². The molecule has 4 rings (SSSR count). The number of aromatic nitrogens is 4. The summed E-state index contributed by atoms with van der Waals surface area (Å²) in [6, 6.07) is 6.91. The number of nitrogens with zero attached hydrogens (tertiary/aromatic N) is 5. The lowest BCUT2D eigenvalue weighted by Gasteiger charge is -2.25. The van der Waals surface area contributed by atoms with Crippen LogP contribution in [0.2, 0.25) is 5.02 Å². The molecule has 28 heavy (non-hydrogen) atoms. The van der Waals surface area contributed by atoms with Gasteiger partial charge in [-0.2, -0.15) is 5.26 Å². The van der Waals surface area contributed by atoms with Gasteiger partial charge in [0.25, 0.3) is 0 Å². The number of nitrogens with one attached hydrogen (secondary N) is 2. The number of benzene rings is 1. The summed E-state index contributed by atoms with van der Waals surface area (Å²) in [5, 5.41) is 15.5. The van der Waals surface area contributed by atoms with E-state index in [2.05, 4.69) is 36.6 Å². The van der Waals surface area contributed by atoms with Gasteiger partial charge in [-0.05, 0) is 43.9 Å². The summed E-state index contributed by atoms with van der Waals surface area (Å²) >= 11 is 5.85. The van der Waals surface area contributed by atoms with Crippen molar-refractivity contribution in [3.8, 4) is 6.07 Å². The van der Waals surface area contributed by atoms with Crippen molar-refractivity contribution in [1.29, 1.82) is 5.26 Å². The van der Waals surface area contributed by atoms with Gasteiger partial charge in [0.15, 0.2) is 5.82 Å². The molecule has 2 aromatic heterocycles. The highest BCUT2D eigenvalue weighted by Crippen LogP contribution is 2.27. The molecule has 9 heteroatoms. The molecule has 2 N–H and O–H groups in total. The third kappa shape index (κ3) is 3.94. The van der Waals surface area contributed by atoms with Gasteiger partial charge < -0.3 is 10.6 Å². The van der Waals surface area contributed by atoms with Crippen LogP contribution in [0.25, 0.3) is 11.0 Å². The van der Waals surface area contributed by atoms with Gasteiger partial charge in [-0.15, -0.1) is 0 Å². The lowest BCUT2D eigenvalue weighted by molar-refractivity contribution is 0.396. The maximum absolute atomic E-state index is 13.4. The first-order valence-corrected chi connectivity index (χ1v) is 9.36. The molecule has 1 saturated carbocycles. The largest absolute Gasteiger partial charge is 0.351 e. The minimum Gasteiger partial charge on any atom is -0.351 e. The summed E-state index contributed by atoms with van der Waals surface area (Å²) in [6.07, 6.45) is 6.62. The molecule has 1 fully saturated rings. The van der Waals surface area contributed by atoms with Gasteiger partial charge in [0.2, 0.25) is 5.95 Å². The highest BCUT2D eigenvalue weighted by molar-refractivity contribution is 6.31. The maximum Gasteiger partial charge on any atom is 0.223 e. The monoisotopic (exact) mass is 397 g/mol. The highest BCUT2D eigenvalue weighted by Gasteiger charge is 2.21. The molecule has 7 nitrogen and oxygen atoms in total. The van der Waals surface area contributed by atoms with Crippen LogP contribution < -0.4 is 10.6 Å². The van der Waals surface area contributed by atoms with Crippen LogP contribution in [0.3, 0.4) is 0 Å². The summed E-state index contributed by atoms with van der Waals surface area (Å²) in [5.41, 5.74) is 1.73. The van der Waals surface area contributed by atoms with E-state index in [0.29, 0.717) is 28.5 Å². The third-order valence-electron chi connectivity index (χ3n) is 4.80. The minimum atomic E-state index is -0.486. The minimum absolute atomic E-state index is 0.0216. The summed E-state index contributed by atoms with van der Waals surface area (Å²) < 4.78 is 13.4. The van der Waals surface area contributed by atoms with E-state index in [-0.39, 0.29) is 17.0 Å².